The number of methoxy groups -OCH3 is 1. The minimum atomic E-state index is -0.0781. The predicted molar refractivity (Wildman–Crippen MR) is 108 cm³/mol. The molecular weight excluding hydrogens is 356 g/mol. The Bertz CT molecular complexity index is 794. The smallest absolute Gasteiger partial charge is 0.321 e. The van der Waals surface area contributed by atoms with Gasteiger partial charge in [0.15, 0.2) is 0 Å². The maximum absolute atomic E-state index is 12.5. The molecule has 0 spiro atoms. The zero-order valence-corrected chi connectivity index (χ0v) is 16.9. The third kappa shape index (κ3) is 5.12. The zero-order valence-electron chi connectivity index (χ0n) is 16.9. The Balaban J connectivity index is 1.49. The molecule has 1 N–H and O–H groups in total. The highest BCUT2D eigenvalue weighted by atomic mass is 16.5. The van der Waals surface area contributed by atoms with Gasteiger partial charge in [-0.25, -0.2) is 9.78 Å². The molecule has 0 radical (unpaired) electrons. The van der Waals surface area contributed by atoms with E-state index in [9.17, 15) is 4.79 Å². The number of rotatable bonds is 4. The van der Waals surface area contributed by atoms with E-state index in [0.717, 1.165) is 18.5 Å². The number of nitrogens with one attached hydrogen (secondary N) is 1. The van der Waals surface area contributed by atoms with E-state index in [0.29, 0.717) is 19.0 Å². The predicted octanol–water partition coefficient (Wildman–Crippen LogP) is 3.86. The quantitative estimate of drug-likeness (QED) is 0.866. The lowest BCUT2D eigenvalue weighted by Gasteiger charge is -2.32. The lowest BCUT2D eigenvalue weighted by atomic mass is 9.87. The highest BCUT2D eigenvalue weighted by Crippen LogP contribution is 2.24. The first-order valence-electron chi connectivity index (χ1n) is 9.55. The first kappa shape index (κ1) is 19.9. The maximum atomic E-state index is 12.5. The van der Waals surface area contributed by atoms with E-state index in [1.807, 2.05) is 17.0 Å². The third-order valence-electron chi connectivity index (χ3n) is 4.81. The van der Waals surface area contributed by atoms with Gasteiger partial charge in [-0.1, -0.05) is 32.9 Å². The Morgan fingerprint density at radius 3 is 2.43 bits per heavy atom. The molecule has 1 aromatic carbocycles. The van der Waals surface area contributed by atoms with Crippen LogP contribution in [-0.2, 0) is 5.41 Å². The van der Waals surface area contributed by atoms with Crippen molar-refractivity contribution in [1.29, 1.82) is 0 Å². The number of hydrogen-bond donors (Lipinski definition) is 1. The van der Waals surface area contributed by atoms with Crippen LogP contribution in [0, 0.1) is 0 Å². The fourth-order valence-electron chi connectivity index (χ4n) is 3.09. The zero-order chi connectivity index (χ0) is 20.1. The van der Waals surface area contributed by atoms with E-state index < -0.39 is 0 Å². The van der Waals surface area contributed by atoms with Crippen LogP contribution in [0.5, 0.6) is 11.9 Å². The van der Waals surface area contributed by atoms with E-state index >= 15 is 0 Å². The molecule has 150 valence electrons. The number of ether oxygens (including phenoxy) is 2. The van der Waals surface area contributed by atoms with Gasteiger partial charge >= 0.3 is 12.0 Å². The molecule has 2 heterocycles. The topological polar surface area (TPSA) is 76.6 Å². The minimum absolute atomic E-state index is 0.0229. The number of amides is 2. The Kier molecular flexibility index (Phi) is 6.02. The Morgan fingerprint density at radius 1 is 1.14 bits per heavy atom. The number of anilines is 1. The van der Waals surface area contributed by atoms with Gasteiger partial charge < -0.3 is 19.7 Å². The summed E-state index contributed by atoms with van der Waals surface area (Å²) < 4.78 is 10.9. The molecule has 1 aromatic heterocycles. The number of urea groups is 1. The van der Waals surface area contributed by atoms with Gasteiger partial charge in [-0.15, -0.1) is 0 Å². The number of nitrogens with zero attached hydrogens (tertiary/aromatic N) is 3. The fourth-order valence-corrected chi connectivity index (χ4v) is 3.09. The van der Waals surface area contributed by atoms with Crippen LogP contribution in [0.1, 0.15) is 39.2 Å². The molecule has 1 saturated heterocycles. The lowest BCUT2D eigenvalue weighted by molar-refractivity contribution is 0.110. The van der Waals surface area contributed by atoms with Crippen molar-refractivity contribution in [2.45, 2.75) is 45.1 Å². The number of aromatic nitrogens is 2. The van der Waals surface area contributed by atoms with Crippen molar-refractivity contribution in [1.82, 2.24) is 14.9 Å². The van der Waals surface area contributed by atoms with Crippen LogP contribution in [0.15, 0.2) is 36.5 Å². The molecule has 1 aliphatic rings. The molecule has 0 saturated carbocycles. The summed E-state index contributed by atoms with van der Waals surface area (Å²) in [6.45, 7) is 7.79. The molecular formula is C21H28N4O3. The monoisotopic (exact) mass is 384 g/mol. The number of carbonyl (C=O) groups is 1. The van der Waals surface area contributed by atoms with Gasteiger partial charge in [-0.2, -0.15) is 4.98 Å². The van der Waals surface area contributed by atoms with Crippen LogP contribution < -0.4 is 14.8 Å². The second-order valence-corrected chi connectivity index (χ2v) is 7.94. The molecule has 1 aliphatic heterocycles. The standard InChI is InChI=1S/C21H28N4O3/c1-21(2,3)15-5-7-16(8-6-15)23-20(26)25-13-10-17(11-14-25)28-18-9-12-22-19(24-18)27-4/h5-9,12,17H,10-11,13-14H2,1-4H3,(H,23,26). The normalized spacial score (nSPS) is 15.2. The van der Waals surface area contributed by atoms with Crippen LogP contribution in [0.25, 0.3) is 0 Å². The number of hydrogen-bond acceptors (Lipinski definition) is 5. The Morgan fingerprint density at radius 2 is 1.82 bits per heavy atom. The SMILES string of the molecule is COc1nccc(OC2CCN(C(=O)Nc3ccc(C(C)(C)C)cc3)CC2)n1. The van der Waals surface area contributed by atoms with E-state index in [4.69, 9.17) is 9.47 Å². The van der Waals surface area contributed by atoms with Crippen LogP contribution in [0.4, 0.5) is 10.5 Å². The lowest BCUT2D eigenvalue weighted by Crippen LogP contribution is -2.43. The van der Waals surface area contributed by atoms with Gasteiger partial charge in [0, 0.05) is 43.9 Å². The van der Waals surface area contributed by atoms with E-state index in [-0.39, 0.29) is 23.6 Å². The summed E-state index contributed by atoms with van der Waals surface area (Å²) in [5.74, 6) is 0.494. The molecule has 28 heavy (non-hydrogen) atoms. The van der Waals surface area contributed by atoms with Crippen molar-refractivity contribution in [3.05, 3.63) is 42.1 Å². The largest absolute Gasteiger partial charge is 0.474 e. The van der Waals surface area contributed by atoms with Gasteiger partial charge in [0.1, 0.15) is 6.10 Å². The molecule has 3 rings (SSSR count). The van der Waals surface area contributed by atoms with Crippen molar-refractivity contribution in [2.75, 3.05) is 25.5 Å². The molecule has 0 atom stereocenters. The summed E-state index contributed by atoms with van der Waals surface area (Å²) in [5.41, 5.74) is 2.15. The van der Waals surface area contributed by atoms with Gasteiger partial charge in [-0.05, 0) is 23.1 Å². The third-order valence-corrected chi connectivity index (χ3v) is 4.81. The van der Waals surface area contributed by atoms with Crippen LogP contribution >= 0.6 is 0 Å². The molecule has 0 bridgehead atoms. The second-order valence-electron chi connectivity index (χ2n) is 7.94. The minimum Gasteiger partial charge on any atom is -0.474 e. The van der Waals surface area contributed by atoms with Crippen LogP contribution in [0.3, 0.4) is 0 Å². The van der Waals surface area contributed by atoms with Crippen molar-refractivity contribution in [3.63, 3.8) is 0 Å². The summed E-state index contributed by atoms with van der Waals surface area (Å²) in [5, 5.41) is 2.98. The molecule has 2 amide bonds. The molecule has 2 aromatic rings. The number of carbonyl (C=O) groups excluding carboxylic acids is 1. The van der Waals surface area contributed by atoms with E-state index in [1.165, 1.54) is 12.7 Å². The van der Waals surface area contributed by atoms with Crippen molar-refractivity contribution in [2.24, 2.45) is 0 Å². The van der Waals surface area contributed by atoms with Gasteiger partial charge in [0.05, 0.1) is 7.11 Å². The Hall–Kier alpha value is -2.83. The van der Waals surface area contributed by atoms with Crippen LogP contribution in [0.2, 0.25) is 0 Å². The summed E-state index contributed by atoms with van der Waals surface area (Å²) in [6.07, 6.45) is 3.13. The van der Waals surface area contributed by atoms with Crippen molar-refractivity contribution < 1.29 is 14.3 Å². The Labute approximate surface area is 166 Å². The van der Waals surface area contributed by atoms with E-state index in [1.54, 1.807) is 12.3 Å². The fraction of sp³-hybridized carbons (Fsp3) is 0.476. The summed E-state index contributed by atoms with van der Waals surface area (Å²) in [7, 11) is 1.52. The highest BCUT2D eigenvalue weighted by Gasteiger charge is 2.24. The molecule has 7 heteroatoms. The van der Waals surface area contributed by atoms with E-state index in [2.05, 4.69) is 48.2 Å². The maximum Gasteiger partial charge on any atom is 0.321 e. The molecule has 1 fully saturated rings. The summed E-state index contributed by atoms with van der Waals surface area (Å²) >= 11 is 0. The van der Waals surface area contributed by atoms with Crippen molar-refractivity contribution in [3.8, 4) is 11.9 Å². The summed E-state index contributed by atoms with van der Waals surface area (Å²) in [4.78, 5) is 22.5. The number of benzene rings is 1. The first-order valence-corrected chi connectivity index (χ1v) is 9.55. The highest BCUT2D eigenvalue weighted by molar-refractivity contribution is 5.89. The van der Waals surface area contributed by atoms with Gasteiger partial charge in [-0.3, -0.25) is 0 Å². The average molecular weight is 384 g/mol. The number of piperidine rings is 1. The second kappa shape index (κ2) is 8.46. The molecule has 7 nitrogen and oxygen atoms in total. The molecule has 0 unspecified atom stereocenters. The van der Waals surface area contributed by atoms with Gasteiger partial charge in [0.25, 0.3) is 0 Å². The summed E-state index contributed by atoms with van der Waals surface area (Å²) in [6, 6.07) is 9.95. The van der Waals surface area contributed by atoms with Crippen LogP contribution in [-0.4, -0.2) is 47.2 Å². The van der Waals surface area contributed by atoms with Gasteiger partial charge in [0.2, 0.25) is 5.88 Å². The van der Waals surface area contributed by atoms with Crippen molar-refractivity contribution >= 4 is 11.7 Å². The molecule has 0 aliphatic carbocycles. The first-order chi connectivity index (χ1) is 13.3. The average Bonchev–Trinajstić information content (AvgIpc) is 2.68. The number of likely N-dealkylation sites (tertiary alicyclic amines) is 1.